The maximum absolute atomic E-state index is 9.71. The molecule has 0 aromatic carbocycles. The van der Waals surface area contributed by atoms with Gasteiger partial charge in [0.15, 0.2) is 0 Å². The second kappa shape index (κ2) is 8.45. The quantitative estimate of drug-likeness (QED) is 0.425. The zero-order valence-corrected chi connectivity index (χ0v) is 10.2. The topological polar surface area (TPSA) is 56.2 Å². The largest absolute Gasteiger partial charge is 0.395 e. The molecule has 0 amide bonds. The number of hydrogen-bond donors (Lipinski definition) is 2. The van der Waals surface area contributed by atoms with E-state index in [0.717, 1.165) is 32.7 Å². The average molecular weight is 242 g/mol. The van der Waals surface area contributed by atoms with Crippen molar-refractivity contribution in [1.29, 1.82) is 0 Å². The number of rotatable bonds is 7. The number of terminal acetylenes is 1. The third-order valence-electron chi connectivity index (χ3n) is 2.85. The number of ether oxygens (including phenoxy) is 1. The average Bonchev–Trinajstić information content (AvgIpc) is 2.32. The number of β-amino-alcohol motifs (C(OH)–C–C–N with tert-alkyl or cyclic N) is 2. The van der Waals surface area contributed by atoms with Gasteiger partial charge in [-0.3, -0.25) is 9.80 Å². The Hall–Kier alpha value is -0.640. The fourth-order valence-electron chi connectivity index (χ4n) is 1.94. The Morgan fingerprint density at radius 1 is 1.24 bits per heavy atom. The second-order valence-electron chi connectivity index (χ2n) is 4.24. The molecule has 5 nitrogen and oxygen atoms in total. The van der Waals surface area contributed by atoms with Gasteiger partial charge >= 0.3 is 0 Å². The summed E-state index contributed by atoms with van der Waals surface area (Å²) >= 11 is 0. The molecule has 1 atom stereocenters. The molecule has 0 bridgehead atoms. The van der Waals surface area contributed by atoms with Crippen LogP contribution in [0.25, 0.3) is 0 Å². The van der Waals surface area contributed by atoms with Crippen molar-refractivity contribution in [2.45, 2.75) is 6.10 Å². The lowest BCUT2D eigenvalue weighted by Gasteiger charge is -2.35. The van der Waals surface area contributed by atoms with Crippen molar-refractivity contribution in [3.8, 4) is 12.3 Å². The van der Waals surface area contributed by atoms with E-state index in [-0.39, 0.29) is 13.2 Å². The molecular weight excluding hydrogens is 220 g/mol. The lowest BCUT2D eigenvalue weighted by molar-refractivity contribution is 0.0148. The molecule has 0 aromatic heterocycles. The Kier molecular flexibility index (Phi) is 7.17. The molecule has 1 saturated heterocycles. The molecule has 0 aromatic rings. The van der Waals surface area contributed by atoms with Crippen LogP contribution >= 0.6 is 0 Å². The predicted octanol–water partition coefficient (Wildman–Crippen LogP) is -1.39. The molecular formula is C12H22N2O3. The van der Waals surface area contributed by atoms with E-state index in [4.69, 9.17) is 16.3 Å². The van der Waals surface area contributed by atoms with E-state index in [9.17, 15) is 5.11 Å². The van der Waals surface area contributed by atoms with E-state index < -0.39 is 6.10 Å². The zero-order chi connectivity index (χ0) is 12.5. The monoisotopic (exact) mass is 242 g/mol. The van der Waals surface area contributed by atoms with Crippen molar-refractivity contribution >= 4 is 0 Å². The minimum Gasteiger partial charge on any atom is -0.395 e. The van der Waals surface area contributed by atoms with Gasteiger partial charge in [0.1, 0.15) is 6.61 Å². The molecule has 17 heavy (non-hydrogen) atoms. The summed E-state index contributed by atoms with van der Waals surface area (Å²) in [6, 6.07) is 0. The van der Waals surface area contributed by atoms with Crippen molar-refractivity contribution in [1.82, 2.24) is 9.80 Å². The lowest BCUT2D eigenvalue weighted by Crippen LogP contribution is -2.49. The summed E-state index contributed by atoms with van der Waals surface area (Å²) in [5.41, 5.74) is 0. The van der Waals surface area contributed by atoms with Gasteiger partial charge in [-0.05, 0) is 0 Å². The van der Waals surface area contributed by atoms with Crippen molar-refractivity contribution in [3.63, 3.8) is 0 Å². The molecule has 1 fully saturated rings. The van der Waals surface area contributed by atoms with Gasteiger partial charge < -0.3 is 14.9 Å². The van der Waals surface area contributed by atoms with Gasteiger partial charge in [-0.15, -0.1) is 6.42 Å². The van der Waals surface area contributed by atoms with E-state index in [1.165, 1.54) is 0 Å². The Morgan fingerprint density at radius 3 is 2.47 bits per heavy atom. The fourth-order valence-corrected chi connectivity index (χ4v) is 1.94. The van der Waals surface area contributed by atoms with E-state index in [1.807, 2.05) is 0 Å². The molecule has 98 valence electrons. The smallest absolute Gasteiger partial charge is 0.107 e. The number of nitrogens with zero attached hydrogens (tertiary/aromatic N) is 2. The highest BCUT2D eigenvalue weighted by molar-refractivity contribution is 4.83. The Bertz CT molecular complexity index is 234. The molecule has 0 spiro atoms. The molecule has 0 aliphatic carbocycles. The zero-order valence-electron chi connectivity index (χ0n) is 10.2. The number of aliphatic hydroxyl groups excluding tert-OH is 2. The standard InChI is InChI=1S/C12H22N2O3/c1-2-9-17-11-12(16)10-14-5-3-13(4-6-14)7-8-15/h1,12,15-16H,3-11H2/t12-/m0/s1. The number of aliphatic hydroxyl groups is 2. The minimum absolute atomic E-state index is 0.211. The van der Waals surface area contributed by atoms with Crippen LogP contribution in [-0.2, 0) is 4.74 Å². The predicted molar refractivity (Wildman–Crippen MR) is 65.6 cm³/mol. The van der Waals surface area contributed by atoms with Crippen molar-refractivity contribution < 1.29 is 14.9 Å². The van der Waals surface area contributed by atoms with Gasteiger partial charge in [0.2, 0.25) is 0 Å². The van der Waals surface area contributed by atoms with Crippen LogP contribution in [0.4, 0.5) is 0 Å². The first kappa shape index (κ1) is 14.4. The third kappa shape index (κ3) is 6.01. The van der Waals surface area contributed by atoms with E-state index in [0.29, 0.717) is 13.2 Å². The van der Waals surface area contributed by atoms with E-state index in [1.54, 1.807) is 0 Å². The molecule has 1 rings (SSSR count). The van der Waals surface area contributed by atoms with E-state index >= 15 is 0 Å². The Balaban J connectivity index is 2.10. The Morgan fingerprint density at radius 2 is 1.88 bits per heavy atom. The van der Waals surface area contributed by atoms with E-state index in [2.05, 4.69) is 15.7 Å². The molecule has 1 heterocycles. The minimum atomic E-state index is -0.479. The van der Waals surface area contributed by atoms with Crippen LogP contribution in [-0.4, -0.2) is 85.2 Å². The highest BCUT2D eigenvalue weighted by Crippen LogP contribution is 2.02. The van der Waals surface area contributed by atoms with Crippen molar-refractivity contribution in [2.75, 3.05) is 59.1 Å². The van der Waals surface area contributed by atoms with Crippen LogP contribution in [0, 0.1) is 12.3 Å². The van der Waals surface area contributed by atoms with Crippen LogP contribution in [0.15, 0.2) is 0 Å². The summed E-state index contributed by atoms with van der Waals surface area (Å²) < 4.78 is 5.09. The summed E-state index contributed by atoms with van der Waals surface area (Å²) in [5.74, 6) is 2.37. The van der Waals surface area contributed by atoms with Crippen LogP contribution < -0.4 is 0 Å². The number of piperazine rings is 1. The first-order chi connectivity index (χ1) is 8.26. The van der Waals surface area contributed by atoms with Gasteiger partial charge in [-0.2, -0.15) is 0 Å². The summed E-state index contributed by atoms with van der Waals surface area (Å²) in [5, 5.41) is 18.5. The van der Waals surface area contributed by atoms with Crippen LogP contribution in [0.5, 0.6) is 0 Å². The normalized spacial score (nSPS) is 20.1. The van der Waals surface area contributed by atoms with Crippen molar-refractivity contribution in [3.05, 3.63) is 0 Å². The SMILES string of the molecule is C#CCOC[C@@H](O)CN1CCN(CCO)CC1. The molecule has 0 saturated carbocycles. The van der Waals surface area contributed by atoms with Gasteiger partial charge in [0, 0.05) is 39.3 Å². The van der Waals surface area contributed by atoms with Crippen molar-refractivity contribution in [2.24, 2.45) is 0 Å². The summed E-state index contributed by atoms with van der Waals surface area (Å²) in [6.07, 6.45) is 4.57. The summed E-state index contributed by atoms with van der Waals surface area (Å²) in [7, 11) is 0. The molecule has 2 N–H and O–H groups in total. The molecule has 5 heteroatoms. The highest BCUT2D eigenvalue weighted by atomic mass is 16.5. The van der Waals surface area contributed by atoms with Gasteiger partial charge in [0.05, 0.1) is 19.3 Å². The molecule has 0 unspecified atom stereocenters. The first-order valence-corrected chi connectivity index (χ1v) is 6.01. The Labute approximate surface area is 103 Å². The molecule has 1 aliphatic heterocycles. The first-order valence-electron chi connectivity index (χ1n) is 6.01. The van der Waals surface area contributed by atoms with Gasteiger partial charge in [-0.1, -0.05) is 5.92 Å². The third-order valence-corrected chi connectivity index (χ3v) is 2.85. The molecule has 1 aliphatic rings. The fraction of sp³-hybridized carbons (Fsp3) is 0.833. The van der Waals surface area contributed by atoms with Gasteiger partial charge in [0.25, 0.3) is 0 Å². The number of hydrogen-bond acceptors (Lipinski definition) is 5. The van der Waals surface area contributed by atoms with Gasteiger partial charge in [-0.25, -0.2) is 0 Å². The highest BCUT2D eigenvalue weighted by Gasteiger charge is 2.18. The lowest BCUT2D eigenvalue weighted by atomic mass is 10.2. The maximum Gasteiger partial charge on any atom is 0.107 e. The van der Waals surface area contributed by atoms with Crippen LogP contribution in [0.3, 0.4) is 0 Å². The summed E-state index contributed by atoms with van der Waals surface area (Å²) in [4.78, 5) is 4.43. The maximum atomic E-state index is 9.71. The summed E-state index contributed by atoms with van der Waals surface area (Å²) in [6.45, 7) is 5.85. The van der Waals surface area contributed by atoms with Crippen LogP contribution in [0.2, 0.25) is 0 Å². The molecule has 0 radical (unpaired) electrons. The van der Waals surface area contributed by atoms with Crippen LogP contribution in [0.1, 0.15) is 0 Å². The second-order valence-corrected chi connectivity index (χ2v) is 4.24.